The topological polar surface area (TPSA) is 86.7 Å². The summed E-state index contributed by atoms with van der Waals surface area (Å²) in [6.45, 7) is 2.74. The molecule has 142 valence electrons. The summed E-state index contributed by atoms with van der Waals surface area (Å²) in [5, 5.41) is 10.6. The summed E-state index contributed by atoms with van der Waals surface area (Å²) in [6, 6.07) is 4.46. The molecule has 7 nitrogen and oxygen atoms in total. The highest BCUT2D eigenvalue weighted by Crippen LogP contribution is 2.25. The van der Waals surface area contributed by atoms with Gasteiger partial charge in [-0.1, -0.05) is 22.7 Å². The molecule has 27 heavy (non-hydrogen) atoms. The minimum absolute atomic E-state index is 0.0853. The van der Waals surface area contributed by atoms with Crippen molar-refractivity contribution in [3.63, 3.8) is 0 Å². The summed E-state index contributed by atoms with van der Waals surface area (Å²) in [5.41, 5.74) is 0.129. The second kappa shape index (κ2) is 8.03. The van der Waals surface area contributed by atoms with Crippen LogP contribution in [0.3, 0.4) is 0 Å². The van der Waals surface area contributed by atoms with Crippen LogP contribution in [0.2, 0.25) is 0 Å². The fraction of sp³-hybridized carbons (Fsp3) is 0.250. The first-order valence-corrected chi connectivity index (χ1v) is 9.43. The average Bonchev–Trinajstić information content (AvgIpc) is 3.21. The first-order valence-electron chi connectivity index (χ1n) is 7.80. The number of thiophene rings is 1. The number of thiazole rings is 1. The predicted octanol–water partition coefficient (Wildman–Crippen LogP) is 3.73. The van der Waals surface area contributed by atoms with Crippen molar-refractivity contribution in [3.8, 4) is 0 Å². The Labute approximate surface area is 159 Å². The van der Waals surface area contributed by atoms with E-state index in [9.17, 15) is 23.7 Å². The number of benzene rings is 1. The summed E-state index contributed by atoms with van der Waals surface area (Å²) in [7, 11) is 0. The van der Waals surface area contributed by atoms with Gasteiger partial charge in [0.25, 0.3) is 5.91 Å². The molecular formula is C16H13F2N3O4S2. The van der Waals surface area contributed by atoms with Crippen LogP contribution in [0, 0.1) is 21.7 Å². The Balaban J connectivity index is 2.09. The molecule has 2 heterocycles. The molecule has 2 aromatic heterocycles. The van der Waals surface area contributed by atoms with Gasteiger partial charge in [0.05, 0.1) is 21.7 Å². The maximum Gasteiger partial charge on any atom is 0.324 e. The van der Waals surface area contributed by atoms with Gasteiger partial charge in [0, 0.05) is 25.3 Å². The van der Waals surface area contributed by atoms with E-state index in [1.807, 2.05) is 6.92 Å². The average molecular weight is 413 g/mol. The van der Waals surface area contributed by atoms with Crippen molar-refractivity contribution in [2.45, 2.75) is 13.5 Å². The molecule has 0 saturated carbocycles. The number of nitrogens with zero attached hydrogens (tertiary/aromatic N) is 3. The van der Waals surface area contributed by atoms with E-state index in [0.717, 1.165) is 17.4 Å². The zero-order valence-corrected chi connectivity index (χ0v) is 15.6. The molecule has 3 aromatic rings. The number of halogens is 2. The van der Waals surface area contributed by atoms with Crippen LogP contribution in [0.25, 0.3) is 10.2 Å². The van der Waals surface area contributed by atoms with Crippen molar-refractivity contribution in [2.24, 2.45) is 4.99 Å². The largest absolute Gasteiger partial charge is 0.380 e. The Morgan fingerprint density at radius 1 is 1.33 bits per heavy atom. The van der Waals surface area contributed by atoms with Gasteiger partial charge in [-0.05, 0) is 19.1 Å². The molecule has 0 unspecified atom stereocenters. The third-order valence-corrected chi connectivity index (χ3v) is 5.59. The standard InChI is InChI=1S/C16H13F2N3O4S2/c1-2-25-6-5-20-14-10(18)7-9(17)8-12(14)27-16(20)19-15(22)11-3-4-13(26-11)21(23)24/h3-4,7-8H,2,5-6H2,1H3. The molecule has 3 rings (SSSR count). The lowest BCUT2D eigenvalue weighted by Crippen LogP contribution is -2.20. The molecular weight excluding hydrogens is 400 g/mol. The molecule has 11 heteroatoms. The van der Waals surface area contributed by atoms with Crippen molar-refractivity contribution in [1.82, 2.24) is 4.57 Å². The second-order valence-corrected chi connectivity index (χ2v) is 7.35. The predicted molar refractivity (Wildman–Crippen MR) is 97.1 cm³/mol. The van der Waals surface area contributed by atoms with Gasteiger partial charge in [0.15, 0.2) is 10.6 Å². The Bertz CT molecular complexity index is 1090. The first kappa shape index (κ1) is 19.3. The fourth-order valence-electron chi connectivity index (χ4n) is 2.40. The third-order valence-electron chi connectivity index (χ3n) is 3.54. The Morgan fingerprint density at radius 2 is 2.11 bits per heavy atom. The zero-order chi connectivity index (χ0) is 19.6. The summed E-state index contributed by atoms with van der Waals surface area (Å²) in [6.07, 6.45) is 0. The Kier molecular flexibility index (Phi) is 5.73. The zero-order valence-electron chi connectivity index (χ0n) is 14.0. The van der Waals surface area contributed by atoms with Crippen molar-refractivity contribution >= 4 is 43.8 Å². The third kappa shape index (κ3) is 4.10. The van der Waals surface area contributed by atoms with Crippen molar-refractivity contribution in [3.05, 3.63) is 55.7 Å². The van der Waals surface area contributed by atoms with E-state index in [1.165, 1.54) is 22.8 Å². The molecule has 0 atom stereocenters. The lowest BCUT2D eigenvalue weighted by molar-refractivity contribution is -0.380. The number of hydrogen-bond acceptors (Lipinski definition) is 6. The number of amides is 1. The monoisotopic (exact) mass is 413 g/mol. The quantitative estimate of drug-likeness (QED) is 0.350. The maximum absolute atomic E-state index is 14.3. The highest BCUT2D eigenvalue weighted by molar-refractivity contribution is 7.17. The van der Waals surface area contributed by atoms with E-state index in [2.05, 4.69) is 4.99 Å². The van der Waals surface area contributed by atoms with Gasteiger partial charge in [0.2, 0.25) is 0 Å². The molecule has 0 saturated heterocycles. The van der Waals surface area contributed by atoms with E-state index in [-0.39, 0.29) is 33.3 Å². The number of carbonyl (C=O) groups excluding carboxylic acids is 1. The number of rotatable bonds is 6. The molecule has 1 amide bonds. The second-order valence-electron chi connectivity index (χ2n) is 5.28. The summed E-state index contributed by atoms with van der Waals surface area (Å²) >= 11 is 1.66. The van der Waals surface area contributed by atoms with Crippen LogP contribution < -0.4 is 4.80 Å². The van der Waals surface area contributed by atoms with Gasteiger partial charge in [-0.2, -0.15) is 4.99 Å². The normalized spacial score (nSPS) is 12.0. The lowest BCUT2D eigenvalue weighted by atomic mass is 10.3. The number of aromatic nitrogens is 1. The maximum atomic E-state index is 14.3. The molecule has 0 aliphatic heterocycles. The molecule has 0 aliphatic rings. The molecule has 0 spiro atoms. The van der Waals surface area contributed by atoms with E-state index >= 15 is 0 Å². The van der Waals surface area contributed by atoms with Crippen LogP contribution >= 0.6 is 22.7 Å². The number of hydrogen-bond donors (Lipinski definition) is 0. The summed E-state index contributed by atoms with van der Waals surface area (Å²) < 4.78 is 34.8. The fourth-order valence-corrected chi connectivity index (χ4v) is 4.20. The Morgan fingerprint density at radius 3 is 2.78 bits per heavy atom. The summed E-state index contributed by atoms with van der Waals surface area (Å²) in [4.78, 5) is 26.8. The van der Waals surface area contributed by atoms with Crippen LogP contribution in [-0.2, 0) is 11.3 Å². The minimum Gasteiger partial charge on any atom is -0.380 e. The van der Waals surface area contributed by atoms with Gasteiger partial charge >= 0.3 is 5.00 Å². The number of carbonyl (C=O) groups is 1. The van der Waals surface area contributed by atoms with Crippen molar-refractivity contribution in [2.75, 3.05) is 13.2 Å². The van der Waals surface area contributed by atoms with Gasteiger partial charge in [0.1, 0.15) is 10.7 Å². The molecule has 1 aromatic carbocycles. The summed E-state index contributed by atoms with van der Waals surface area (Å²) in [5.74, 6) is -2.19. The van der Waals surface area contributed by atoms with E-state index < -0.39 is 22.5 Å². The van der Waals surface area contributed by atoms with Gasteiger partial charge in [-0.15, -0.1) is 0 Å². The van der Waals surface area contributed by atoms with Crippen molar-refractivity contribution in [1.29, 1.82) is 0 Å². The van der Waals surface area contributed by atoms with Crippen LogP contribution in [0.15, 0.2) is 29.3 Å². The van der Waals surface area contributed by atoms with Gasteiger partial charge in [-0.3, -0.25) is 14.9 Å². The van der Waals surface area contributed by atoms with E-state index in [4.69, 9.17) is 4.74 Å². The number of ether oxygens (including phenoxy) is 1. The number of fused-ring (bicyclic) bond motifs is 1. The lowest BCUT2D eigenvalue weighted by Gasteiger charge is -2.06. The van der Waals surface area contributed by atoms with Crippen LogP contribution in [0.5, 0.6) is 0 Å². The van der Waals surface area contributed by atoms with Crippen LogP contribution in [0.4, 0.5) is 13.8 Å². The number of nitro groups is 1. The highest BCUT2D eigenvalue weighted by atomic mass is 32.1. The molecule has 0 aliphatic carbocycles. The van der Waals surface area contributed by atoms with Gasteiger partial charge < -0.3 is 9.30 Å². The van der Waals surface area contributed by atoms with E-state index in [1.54, 1.807) is 0 Å². The van der Waals surface area contributed by atoms with Gasteiger partial charge in [-0.25, -0.2) is 8.78 Å². The SMILES string of the molecule is CCOCCn1c(=NC(=O)c2ccc([N+](=O)[O-])s2)sc2cc(F)cc(F)c21. The Hall–Kier alpha value is -2.50. The molecule has 0 bridgehead atoms. The molecule has 0 N–H and O–H groups in total. The van der Waals surface area contributed by atoms with Crippen LogP contribution in [0.1, 0.15) is 16.6 Å². The molecule has 0 radical (unpaired) electrons. The molecule has 0 fully saturated rings. The van der Waals surface area contributed by atoms with E-state index in [0.29, 0.717) is 22.6 Å². The van der Waals surface area contributed by atoms with Crippen LogP contribution in [-0.4, -0.2) is 28.6 Å². The highest BCUT2D eigenvalue weighted by Gasteiger charge is 2.17. The van der Waals surface area contributed by atoms with Crippen molar-refractivity contribution < 1.29 is 23.2 Å². The smallest absolute Gasteiger partial charge is 0.324 e. The minimum atomic E-state index is -0.765. The first-order chi connectivity index (χ1) is 12.9.